The van der Waals surface area contributed by atoms with Gasteiger partial charge >= 0.3 is 6.03 Å². The van der Waals surface area contributed by atoms with Crippen LogP contribution >= 0.6 is 0 Å². The first-order valence-corrected chi connectivity index (χ1v) is 10.5. The molecule has 1 atom stereocenters. The molecular weight excluding hydrogens is 394 g/mol. The largest absolute Gasteiger partial charge is 0.497 e. The second kappa shape index (κ2) is 9.26. The van der Waals surface area contributed by atoms with Crippen LogP contribution in [0.3, 0.4) is 0 Å². The molecule has 8 heteroatoms. The topological polar surface area (TPSA) is 87.2 Å². The molecule has 0 radical (unpaired) electrons. The van der Waals surface area contributed by atoms with E-state index in [1.807, 2.05) is 53.4 Å². The molecule has 164 valence electrons. The number of aliphatic imine (C=N–C) groups is 1. The van der Waals surface area contributed by atoms with E-state index in [1.54, 1.807) is 14.2 Å². The van der Waals surface area contributed by atoms with Crippen LogP contribution in [0.4, 0.5) is 21.9 Å². The highest BCUT2D eigenvalue weighted by Gasteiger charge is 2.44. The molecule has 2 heterocycles. The summed E-state index contributed by atoms with van der Waals surface area (Å²) in [5.74, 6) is 1.55. The predicted molar refractivity (Wildman–Crippen MR) is 123 cm³/mol. The number of nitrogens with one attached hydrogen (secondary N) is 3. The van der Waals surface area contributed by atoms with Crippen molar-refractivity contribution in [1.82, 2.24) is 4.90 Å². The summed E-state index contributed by atoms with van der Waals surface area (Å²) < 4.78 is 10.4. The van der Waals surface area contributed by atoms with E-state index in [-0.39, 0.29) is 6.03 Å². The fraction of sp³-hybridized carbons (Fsp3) is 0.391. The number of anilines is 3. The Labute approximate surface area is 182 Å². The summed E-state index contributed by atoms with van der Waals surface area (Å²) in [6.07, 6.45) is 1.74. The van der Waals surface area contributed by atoms with Gasteiger partial charge in [-0.2, -0.15) is 0 Å². The van der Waals surface area contributed by atoms with Gasteiger partial charge in [-0.3, -0.25) is 4.99 Å². The normalized spacial score (nSPS) is 21.2. The van der Waals surface area contributed by atoms with Crippen molar-refractivity contribution in [1.29, 1.82) is 0 Å². The Balaban J connectivity index is 1.56. The first-order chi connectivity index (χ1) is 15.1. The molecule has 2 aromatic carbocycles. The van der Waals surface area contributed by atoms with Crippen molar-refractivity contribution in [2.45, 2.75) is 18.4 Å². The molecule has 0 aliphatic carbocycles. The minimum absolute atomic E-state index is 0.135. The van der Waals surface area contributed by atoms with Crippen LogP contribution < -0.4 is 20.7 Å². The smallest absolute Gasteiger partial charge is 0.321 e. The highest BCUT2D eigenvalue weighted by molar-refractivity contribution is 6.10. The van der Waals surface area contributed by atoms with Gasteiger partial charge < -0.3 is 30.3 Å². The Morgan fingerprint density at radius 1 is 1.19 bits per heavy atom. The van der Waals surface area contributed by atoms with Gasteiger partial charge in [0.15, 0.2) is 0 Å². The number of carbonyl (C=O) groups excluding carboxylic acids is 1. The third-order valence-corrected chi connectivity index (χ3v) is 5.67. The number of amidine groups is 1. The molecule has 0 aromatic heterocycles. The van der Waals surface area contributed by atoms with Crippen LogP contribution in [0.5, 0.6) is 5.75 Å². The Morgan fingerprint density at radius 2 is 2.03 bits per heavy atom. The standard InChI is InChI=1S/C23H29N5O3/c1-30-14-12-24-21-23(27-20-10-4-3-9-19(20)26-21)11-6-13-28(16-23)22(29)25-17-7-5-8-18(15-17)31-2/h3-5,7-10,15,27H,6,11-14,16H2,1-2H3,(H,24,26)(H,25,29)/t23-/m1/s1. The molecule has 2 aliphatic heterocycles. The highest BCUT2D eigenvalue weighted by atomic mass is 16.5. The van der Waals surface area contributed by atoms with Crippen LogP contribution in [0.2, 0.25) is 0 Å². The average Bonchev–Trinajstić information content (AvgIpc) is 2.80. The van der Waals surface area contributed by atoms with E-state index in [2.05, 4.69) is 16.0 Å². The molecule has 1 fully saturated rings. The molecule has 2 aromatic rings. The number of carbonyl (C=O) groups is 1. The van der Waals surface area contributed by atoms with Gasteiger partial charge in [0, 0.05) is 25.4 Å². The van der Waals surface area contributed by atoms with Crippen LogP contribution in [-0.4, -0.2) is 62.8 Å². The second-order valence-electron chi connectivity index (χ2n) is 7.79. The number of hydrogen-bond donors (Lipinski definition) is 3. The molecule has 2 amide bonds. The summed E-state index contributed by atoms with van der Waals surface area (Å²) >= 11 is 0. The molecule has 31 heavy (non-hydrogen) atoms. The minimum Gasteiger partial charge on any atom is -0.497 e. The van der Waals surface area contributed by atoms with Gasteiger partial charge in [0.05, 0.1) is 38.2 Å². The lowest BCUT2D eigenvalue weighted by atomic mass is 9.85. The third-order valence-electron chi connectivity index (χ3n) is 5.67. The maximum absolute atomic E-state index is 13.1. The Kier molecular flexibility index (Phi) is 6.27. The SMILES string of the molecule is COCCN=C1Nc2ccccc2N[C@@]12CCCN(C(=O)Nc1cccc(OC)c1)C2. The van der Waals surface area contributed by atoms with Crippen molar-refractivity contribution in [3.63, 3.8) is 0 Å². The molecular formula is C23H29N5O3. The fourth-order valence-electron chi connectivity index (χ4n) is 4.13. The molecule has 0 unspecified atom stereocenters. The van der Waals surface area contributed by atoms with Crippen molar-refractivity contribution in [3.8, 4) is 5.75 Å². The van der Waals surface area contributed by atoms with Gasteiger partial charge in [0.1, 0.15) is 17.1 Å². The molecule has 1 spiro atoms. The van der Waals surface area contributed by atoms with E-state index in [1.165, 1.54) is 0 Å². The molecule has 8 nitrogen and oxygen atoms in total. The summed E-state index contributed by atoms with van der Waals surface area (Å²) in [6, 6.07) is 15.3. The van der Waals surface area contributed by atoms with Crippen LogP contribution in [-0.2, 0) is 4.74 Å². The predicted octanol–water partition coefficient (Wildman–Crippen LogP) is 3.64. The number of likely N-dealkylation sites (tertiary alicyclic amines) is 1. The summed E-state index contributed by atoms with van der Waals surface area (Å²) in [6.45, 7) is 2.30. The van der Waals surface area contributed by atoms with Crippen molar-refractivity contribution in [2.24, 2.45) is 4.99 Å². The van der Waals surface area contributed by atoms with Crippen molar-refractivity contribution < 1.29 is 14.3 Å². The zero-order valence-corrected chi connectivity index (χ0v) is 18.0. The Bertz CT molecular complexity index is 964. The number of methoxy groups -OCH3 is 2. The van der Waals surface area contributed by atoms with Gasteiger partial charge in [-0.15, -0.1) is 0 Å². The monoisotopic (exact) mass is 423 g/mol. The van der Waals surface area contributed by atoms with Crippen LogP contribution in [0.15, 0.2) is 53.5 Å². The van der Waals surface area contributed by atoms with E-state index < -0.39 is 5.54 Å². The zero-order valence-electron chi connectivity index (χ0n) is 18.0. The van der Waals surface area contributed by atoms with E-state index in [0.717, 1.165) is 30.1 Å². The first kappa shape index (κ1) is 21.0. The summed E-state index contributed by atoms with van der Waals surface area (Å²) in [7, 11) is 3.28. The fourth-order valence-corrected chi connectivity index (χ4v) is 4.13. The lowest BCUT2D eigenvalue weighted by Gasteiger charge is -2.47. The number of piperidine rings is 1. The van der Waals surface area contributed by atoms with Crippen LogP contribution in [0.25, 0.3) is 0 Å². The van der Waals surface area contributed by atoms with Gasteiger partial charge in [-0.1, -0.05) is 18.2 Å². The summed E-state index contributed by atoms with van der Waals surface area (Å²) in [4.78, 5) is 19.7. The molecule has 0 saturated carbocycles. The van der Waals surface area contributed by atoms with Crippen LogP contribution in [0, 0.1) is 0 Å². The van der Waals surface area contributed by atoms with E-state index in [4.69, 9.17) is 14.5 Å². The third kappa shape index (κ3) is 4.59. The van der Waals surface area contributed by atoms with Gasteiger partial charge in [-0.05, 0) is 37.1 Å². The number of para-hydroxylation sites is 2. The maximum atomic E-state index is 13.1. The van der Waals surface area contributed by atoms with Crippen molar-refractivity contribution >= 4 is 28.9 Å². The number of urea groups is 1. The quantitative estimate of drug-likeness (QED) is 0.639. The second-order valence-corrected chi connectivity index (χ2v) is 7.79. The average molecular weight is 424 g/mol. The summed E-state index contributed by atoms with van der Waals surface area (Å²) in [5.41, 5.74) is 2.25. The molecule has 0 bridgehead atoms. The lowest BCUT2D eigenvalue weighted by molar-refractivity contribution is 0.186. The molecule has 2 aliphatic rings. The number of hydrogen-bond acceptors (Lipinski definition) is 5. The van der Waals surface area contributed by atoms with Gasteiger partial charge in [0.2, 0.25) is 0 Å². The van der Waals surface area contributed by atoms with Gasteiger partial charge in [-0.25, -0.2) is 4.79 Å². The summed E-state index contributed by atoms with van der Waals surface area (Å²) in [5, 5.41) is 10.2. The maximum Gasteiger partial charge on any atom is 0.321 e. The zero-order chi connectivity index (χ0) is 21.7. The minimum atomic E-state index is -0.466. The van der Waals surface area contributed by atoms with Gasteiger partial charge in [0.25, 0.3) is 0 Å². The Morgan fingerprint density at radius 3 is 2.84 bits per heavy atom. The Hall–Kier alpha value is -3.26. The van der Waals surface area contributed by atoms with Crippen molar-refractivity contribution in [2.75, 3.05) is 56.4 Å². The number of fused-ring (bicyclic) bond motifs is 1. The molecule has 4 rings (SSSR count). The van der Waals surface area contributed by atoms with Crippen LogP contribution in [0.1, 0.15) is 12.8 Å². The number of amides is 2. The number of rotatable bonds is 5. The lowest BCUT2D eigenvalue weighted by Crippen LogP contribution is -2.63. The van der Waals surface area contributed by atoms with Crippen molar-refractivity contribution in [3.05, 3.63) is 48.5 Å². The van der Waals surface area contributed by atoms with E-state index in [9.17, 15) is 4.79 Å². The number of ether oxygens (including phenoxy) is 2. The molecule has 3 N–H and O–H groups in total. The number of nitrogens with zero attached hydrogens (tertiary/aromatic N) is 2. The van der Waals surface area contributed by atoms with E-state index in [0.29, 0.717) is 37.7 Å². The highest BCUT2D eigenvalue weighted by Crippen LogP contribution is 2.36. The first-order valence-electron chi connectivity index (χ1n) is 10.5. The molecule has 1 saturated heterocycles. The number of benzene rings is 2. The van der Waals surface area contributed by atoms with E-state index >= 15 is 0 Å².